The lowest BCUT2D eigenvalue weighted by atomic mass is 10.0. The molecule has 32 heavy (non-hydrogen) atoms. The lowest BCUT2D eigenvalue weighted by Crippen LogP contribution is -2.32. The second kappa shape index (κ2) is 9.23. The summed E-state index contributed by atoms with van der Waals surface area (Å²) in [7, 11) is 0. The van der Waals surface area contributed by atoms with E-state index in [1.165, 1.54) is 10.5 Å². The van der Waals surface area contributed by atoms with Crippen molar-refractivity contribution in [3.63, 3.8) is 0 Å². The second-order valence-corrected chi connectivity index (χ2v) is 8.33. The number of anilines is 2. The second-order valence-electron chi connectivity index (χ2n) is 8.33. The molecule has 4 rings (SSSR count). The molecule has 1 aliphatic rings. The van der Waals surface area contributed by atoms with Gasteiger partial charge in [-0.3, -0.25) is 9.59 Å². The zero-order valence-corrected chi connectivity index (χ0v) is 18.8. The number of imide groups is 1. The Kier molecular flexibility index (Phi) is 6.22. The van der Waals surface area contributed by atoms with Gasteiger partial charge in [0.1, 0.15) is 5.70 Å². The molecule has 3 aromatic rings. The van der Waals surface area contributed by atoms with Gasteiger partial charge in [0.25, 0.3) is 11.8 Å². The summed E-state index contributed by atoms with van der Waals surface area (Å²) in [5.74, 6) is -0.649. The molecular weight excluding hydrogens is 396 g/mol. The van der Waals surface area contributed by atoms with Crippen LogP contribution < -0.4 is 10.2 Å². The largest absolute Gasteiger partial charge is 0.350 e. The van der Waals surface area contributed by atoms with Gasteiger partial charge in [-0.1, -0.05) is 67.4 Å². The number of amides is 2. The van der Waals surface area contributed by atoms with Crippen LogP contribution in [0, 0.1) is 13.8 Å². The molecule has 0 saturated heterocycles. The standard InChI is InChI=1S/C28H28N2O2/c1-4-5-8-21-12-16-24(17-13-21)30-27(31)25(22-14-10-19(2)11-15-22)26(28(30)32)29-23-9-6-7-20(3)18-23/h6-7,9-18,29H,4-5,8H2,1-3H3. The molecule has 0 bridgehead atoms. The number of aryl methyl sites for hydroxylation is 3. The highest BCUT2D eigenvalue weighted by molar-refractivity contribution is 6.46. The van der Waals surface area contributed by atoms with Crippen LogP contribution in [0.1, 0.15) is 42.0 Å². The summed E-state index contributed by atoms with van der Waals surface area (Å²) in [5.41, 5.74) is 6.17. The topological polar surface area (TPSA) is 49.4 Å². The van der Waals surface area contributed by atoms with Gasteiger partial charge in [-0.2, -0.15) is 0 Å². The third-order valence-electron chi connectivity index (χ3n) is 5.73. The Bertz CT molecular complexity index is 1170. The number of carbonyl (C=O) groups is 2. The first kappa shape index (κ1) is 21.6. The average molecular weight is 425 g/mol. The van der Waals surface area contributed by atoms with Crippen molar-refractivity contribution in [3.8, 4) is 0 Å². The van der Waals surface area contributed by atoms with E-state index < -0.39 is 0 Å². The highest BCUT2D eigenvalue weighted by Gasteiger charge is 2.40. The van der Waals surface area contributed by atoms with Crippen LogP contribution in [0.3, 0.4) is 0 Å². The normalized spacial score (nSPS) is 13.8. The van der Waals surface area contributed by atoms with Crippen molar-refractivity contribution in [2.75, 3.05) is 10.2 Å². The van der Waals surface area contributed by atoms with Gasteiger partial charge in [-0.05, 0) is 67.6 Å². The number of rotatable bonds is 7. The van der Waals surface area contributed by atoms with Crippen molar-refractivity contribution < 1.29 is 9.59 Å². The Morgan fingerprint density at radius 3 is 2.19 bits per heavy atom. The van der Waals surface area contributed by atoms with E-state index >= 15 is 0 Å². The lowest BCUT2D eigenvalue weighted by Gasteiger charge is -2.16. The molecule has 1 heterocycles. The molecular formula is C28H28N2O2. The number of hydrogen-bond acceptors (Lipinski definition) is 3. The molecule has 0 atom stereocenters. The third kappa shape index (κ3) is 4.35. The molecule has 0 unspecified atom stereocenters. The fourth-order valence-electron chi connectivity index (χ4n) is 3.93. The van der Waals surface area contributed by atoms with Gasteiger partial charge >= 0.3 is 0 Å². The van der Waals surface area contributed by atoms with Crippen molar-refractivity contribution in [2.24, 2.45) is 0 Å². The molecule has 0 saturated carbocycles. The predicted octanol–water partition coefficient (Wildman–Crippen LogP) is 6.04. The smallest absolute Gasteiger partial charge is 0.282 e. The van der Waals surface area contributed by atoms with Crippen LogP contribution in [-0.2, 0) is 16.0 Å². The molecule has 4 nitrogen and oxygen atoms in total. The van der Waals surface area contributed by atoms with Crippen molar-refractivity contribution in [1.29, 1.82) is 0 Å². The summed E-state index contributed by atoms with van der Waals surface area (Å²) >= 11 is 0. The van der Waals surface area contributed by atoms with Gasteiger partial charge in [-0.15, -0.1) is 0 Å². The van der Waals surface area contributed by atoms with E-state index in [0.717, 1.165) is 41.6 Å². The molecule has 3 aromatic carbocycles. The Morgan fingerprint density at radius 1 is 0.812 bits per heavy atom. The summed E-state index contributed by atoms with van der Waals surface area (Å²) in [6, 6.07) is 23.2. The SMILES string of the molecule is CCCCc1ccc(N2C(=O)C(Nc3cccc(C)c3)=C(c3ccc(C)cc3)C2=O)cc1. The zero-order chi connectivity index (χ0) is 22.7. The molecule has 0 aliphatic carbocycles. The minimum absolute atomic E-state index is 0.305. The Balaban J connectivity index is 1.73. The maximum Gasteiger partial charge on any atom is 0.282 e. The number of hydrogen-bond donors (Lipinski definition) is 1. The Morgan fingerprint density at radius 2 is 1.53 bits per heavy atom. The predicted molar refractivity (Wildman–Crippen MR) is 130 cm³/mol. The minimum atomic E-state index is -0.339. The molecule has 0 fully saturated rings. The van der Waals surface area contributed by atoms with Gasteiger partial charge in [0.05, 0.1) is 11.3 Å². The average Bonchev–Trinajstić information content (AvgIpc) is 3.03. The molecule has 1 N–H and O–H groups in total. The van der Waals surface area contributed by atoms with E-state index in [1.807, 2.05) is 86.6 Å². The molecule has 0 spiro atoms. The van der Waals surface area contributed by atoms with Crippen LogP contribution in [0.5, 0.6) is 0 Å². The summed E-state index contributed by atoms with van der Waals surface area (Å²) in [5, 5.41) is 3.23. The highest BCUT2D eigenvalue weighted by Crippen LogP contribution is 2.34. The first-order chi connectivity index (χ1) is 15.5. The molecule has 1 aliphatic heterocycles. The van der Waals surface area contributed by atoms with Gasteiger partial charge < -0.3 is 5.32 Å². The van der Waals surface area contributed by atoms with E-state index in [4.69, 9.17) is 0 Å². The van der Waals surface area contributed by atoms with Crippen LogP contribution in [0.15, 0.2) is 78.5 Å². The highest BCUT2D eigenvalue weighted by atomic mass is 16.2. The van der Waals surface area contributed by atoms with Gasteiger partial charge in [0.15, 0.2) is 0 Å². The van der Waals surface area contributed by atoms with Crippen molar-refractivity contribution >= 4 is 28.8 Å². The van der Waals surface area contributed by atoms with E-state index in [1.54, 1.807) is 0 Å². The maximum absolute atomic E-state index is 13.5. The van der Waals surface area contributed by atoms with Gasteiger partial charge in [0.2, 0.25) is 0 Å². The molecule has 0 aromatic heterocycles. The summed E-state index contributed by atoms with van der Waals surface area (Å²) in [6.07, 6.45) is 3.24. The van der Waals surface area contributed by atoms with E-state index in [-0.39, 0.29) is 11.8 Å². The molecule has 4 heteroatoms. The Labute approximate surface area is 189 Å². The number of unbranched alkanes of at least 4 members (excludes halogenated alkanes) is 1. The van der Waals surface area contributed by atoms with Gasteiger partial charge in [-0.25, -0.2) is 4.90 Å². The molecule has 162 valence electrons. The van der Waals surface area contributed by atoms with Crippen LogP contribution >= 0.6 is 0 Å². The van der Waals surface area contributed by atoms with E-state index in [9.17, 15) is 9.59 Å². The fourth-order valence-corrected chi connectivity index (χ4v) is 3.93. The molecule has 2 amide bonds. The number of carbonyl (C=O) groups excluding carboxylic acids is 2. The maximum atomic E-state index is 13.5. The fraction of sp³-hybridized carbons (Fsp3) is 0.214. The summed E-state index contributed by atoms with van der Waals surface area (Å²) in [6.45, 7) is 6.16. The van der Waals surface area contributed by atoms with Crippen molar-refractivity contribution in [3.05, 3.63) is 101 Å². The summed E-state index contributed by atoms with van der Waals surface area (Å²) < 4.78 is 0. The molecule has 0 radical (unpaired) electrons. The van der Waals surface area contributed by atoms with Crippen molar-refractivity contribution in [2.45, 2.75) is 40.0 Å². The lowest BCUT2D eigenvalue weighted by molar-refractivity contribution is -0.120. The number of benzene rings is 3. The van der Waals surface area contributed by atoms with Crippen LogP contribution in [-0.4, -0.2) is 11.8 Å². The quantitative estimate of drug-likeness (QED) is 0.470. The summed E-state index contributed by atoms with van der Waals surface area (Å²) in [4.78, 5) is 28.3. The van der Waals surface area contributed by atoms with E-state index in [0.29, 0.717) is 17.0 Å². The zero-order valence-electron chi connectivity index (χ0n) is 18.8. The minimum Gasteiger partial charge on any atom is -0.350 e. The Hall–Kier alpha value is -3.66. The number of nitrogens with one attached hydrogen (secondary N) is 1. The van der Waals surface area contributed by atoms with E-state index in [2.05, 4.69) is 12.2 Å². The van der Waals surface area contributed by atoms with Crippen LogP contribution in [0.4, 0.5) is 11.4 Å². The first-order valence-electron chi connectivity index (χ1n) is 11.1. The first-order valence-corrected chi connectivity index (χ1v) is 11.1. The monoisotopic (exact) mass is 424 g/mol. The number of nitrogens with zero attached hydrogens (tertiary/aromatic N) is 1. The van der Waals surface area contributed by atoms with Gasteiger partial charge in [0, 0.05) is 5.69 Å². The third-order valence-corrected chi connectivity index (χ3v) is 5.73. The van der Waals surface area contributed by atoms with Crippen LogP contribution in [0.25, 0.3) is 5.57 Å². The van der Waals surface area contributed by atoms with Crippen LogP contribution in [0.2, 0.25) is 0 Å². The van der Waals surface area contributed by atoms with Crippen molar-refractivity contribution in [1.82, 2.24) is 0 Å².